The zero-order chi connectivity index (χ0) is 19.5. The molecule has 2 N–H and O–H groups in total. The normalized spacial score (nSPS) is 16.6. The molecule has 1 aliphatic carbocycles. The van der Waals surface area contributed by atoms with Crippen LogP contribution in [0.25, 0.3) is 0 Å². The number of morpholine rings is 1. The molecule has 1 aromatic carbocycles. The number of thiophene rings is 1. The van der Waals surface area contributed by atoms with Crippen molar-refractivity contribution in [3.63, 3.8) is 0 Å². The maximum atomic E-state index is 13.0. The van der Waals surface area contributed by atoms with Crippen LogP contribution in [0.1, 0.15) is 27.2 Å². The van der Waals surface area contributed by atoms with Gasteiger partial charge < -0.3 is 15.4 Å². The first-order chi connectivity index (χ1) is 13.6. The Morgan fingerprint density at radius 2 is 1.86 bits per heavy atom. The predicted molar refractivity (Wildman–Crippen MR) is 114 cm³/mol. The van der Waals surface area contributed by atoms with Crippen molar-refractivity contribution in [1.29, 1.82) is 0 Å². The van der Waals surface area contributed by atoms with Gasteiger partial charge in [0.1, 0.15) is 5.00 Å². The lowest BCUT2D eigenvalue weighted by Crippen LogP contribution is -2.41. The van der Waals surface area contributed by atoms with Crippen LogP contribution in [0, 0.1) is 0 Å². The van der Waals surface area contributed by atoms with Crippen LogP contribution in [0.15, 0.2) is 28.7 Å². The number of amides is 2. The molecule has 0 saturated carbocycles. The van der Waals surface area contributed by atoms with E-state index in [2.05, 4.69) is 31.5 Å². The number of nitrogens with zero attached hydrogens (tertiary/aromatic N) is 1. The Morgan fingerprint density at radius 1 is 1.11 bits per heavy atom. The van der Waals surface area contributed by atoms with Crippen molar-refractivity contribution >= 4 is 49.8 Å². The van der Waals surface area contributed by atoms with Crippen LogP contribution >= 0.6 is 27.3 Å². The van der Waals surface area contributed by atoms with Crippen LogP contribution in [0.2, 0.25) is 0 Å². The molecule has 1 fully saturated rings. The van der Waals surface area contributed by atoms with E-state index in [0.29, 0.717) is 30.3 Å². The molecule has 4 rings (SSSR count). The van der Waals surface area contributed by atoms with Gasteiger partial charge in [-0.05, 0) is 49.1 Å². The van der Waals surface area contributed by atoms with Crippen LogP contribution in [0.4, 0.5) is 10.7 Å². The Kier molecular flexibility index (Phi) is 6.10. The third kappa shape index (κ3) is 4.46. The SMILES string of the molecule is O=C(CN1CCOCC1)Nc1sc2c(c1C(=O)Nc1ccc(Br)cc1)CCC2. The molecule has 0 atom stereocenters. The van der Waals surface area contributed by atoms with Crippen molar-refractivity contribution in [3.8, 4) is 0 Å². The van der Waals surface area contributed by atoms with Crippen molar-refractivity contribution in [3.05, 3.63) is 44.7 Å². The first kappa shape index (κ1) is 19.6. The lowest BCUT2D eigenvalue weighted by molar-refractivity contribution is -0.118. The van der Waals surface area contributed by atoms with Gasteiger partial charge >= 0.3 is 0 Å². The summed E-state index contributed by atoms with van der Waals surface area (Å²) in [6.45, 7) is 3.14. The third-order valence-corrected chi connectivity index (χ3v) is 6.71. The fourth-order valence-corrected chi connectivity index (χ4v) is 5.16. The zero-order valence-corrected chi connectivity index (χ0v) is 17.8. The summed E-state index contributed by atoms with van der Waals surface area (Å²) in [5, 5.41) is 6.62. The van der Waals surface area contributed by atoms with Gasteiger partial charge in [-0.2, -0.15) is 0 Å². The maximum Gasteiger partial charge on any atom is 0.258 e. The Hall–Kier alpha value is -1.74. The van der Waals surface area contributed by atoms with Crippen molar-refractivity contribution in [2.45, 2.75) is 19.3 Å². The molecule has 1 aliphatic heterocycles. The summed E-state index contributed by atoms with van der Waals surface area (Å²) < 4.78 is 6.28. The number of aryl methyl sites for hydroxylation is 1. The van der Waals surface area contributed by atoms with Crippen molar-refractivity contribution in [1.82, 2.24) is 4.90 Å². The Balaban J connectivity index is 1.50. The van der Waals surface area contributed by atoms with E-state index < -0.39 is 0 Å². The molecule has 148 valence electrons. The first-order valence-corrected chi connectivity index (χ1v) is 11.0. The number of carbonyl (C=O) groups excluding carboxylic acids is 2. The second kappa shape index (κ2) is 8.73. The average molecular weight is 464 g/mol. The van der Waals surface area contributed by atoms with Gasteiger partial charge in [0.15, 0.2) is 0 Å². The lowest BCUT2D eigenvalue weighted by atomic mass is 10.1. The number of halogens is 1. The number of hydrogen-bond acceptors (Lipinski definition) is 5. The number of ether oxygens (including phenoxy) is 1. The molecular weight excluding hydrogens is 442 g/mol. The molecule has 0 radical (unpaired) electrons. The van der Waals surface area contributed by atoms with Crippen LogP contribution in [0.5, 0.6) is 0 Å². The summed E-state index contributed by atoms with van der Waals surface area (Å²) in [6.07, 6.45) is 2.91. The molecule has 28 heavy (non-hydrogen) atoms. The van der Waals surface area contributed by atoms with Gasteiger partial charge in [0.25, 0.3) is 5.91 Å². The summed E-state index contributed by atoms with van der Waals surface area (Å²) in [6, 6.07) is 7.48. The lowest BCUT2D eigenvalue weighted by Gasteiger charge is -2.25. The largest absolute Gasteiger partial charge is 0.379 e. The van der Waals surface area contributed by atoms with E-state index >= 15 is 0 Å². The van der Waals surface area contributed by atoms with E-state index in [-0.39, 0.29) is 11.8 Å². The van der Waals surface area contributed by atoms with Gasteiger partial charge in [-0.15, -0.1) is 11.3 Å². The maximum absolute atomic E-state index is 13.0. The predicted octanol–water partition coefficient (Wildman–Crippen LogP) is 3.52. The molecule has 0 spiro atoms. The highest BCUT2D eigenvalue weighted by molar-refractivity contribution is 9.10. The molecule has 1 aromatic heterocycles. The topological polar surface area (TPSA) is 70.7 Å². The van der Waals surface area contributed by atoms with E-state index in [1.54, 1.807) is 0 Å². The monoisotopic (exact) mass is 463 g/mol. The highest BCUT2D eigenvalue weighted by atomic mass is 79.9. The van der Waals surface area contributed by atoms with Crippen LogP contribution in [-0.4, -0.2) is 49.6 Å². The Bertz CT molecular complexity index is 876. The molecular formula is C20H22BrN3O3S. The van der Waals surface area contributed by atoms with Gasteiger partial charge in [-0.1, -0.05) is 15.9 Å². The number of hydrogen-bond donors (Lipinski definition) is 2. The molecule has 6 nitrogen and oxygen atoms in total. The second-order valence-corrected chi connectivity index (χ2v) is 8.98. The highest BCUT2D eigenvalue weighted by Crippen LogP contribution is 2.39. The molecule has 2 aliphatic rings. The number of fused-ring (bicyclic) bond motifs is 1. The fourth-order valence-electron chi connectivity index (χ4n) is 3.59. The minimum atomic E-state index is -0.164. The number of carbonyl (C=O) groups is 2. The molecule has 8 heteroatoms. The zero-order valence-electron chi connectivity index (χ0n) is 15.4. The van der Waals surface area contributed by atoms with Gasteiger partial charge in [0.05, 0.1) is 25.3 Å². The Morgan fingerprint density at radius 3 is 2.61 bits per heavy atom. The summed E-state index contributed by atoms with van der Waals surface area (Å²) in [5.41, 5.74) is 2.44. The molecule has 2 heterocycles. The van der Waals surface area contributed by atoms with Crippen LogP contribution in [0.3, 0.4) is 0 Å². The molecule has 0 bridgehead atoms. The summed E-state index contributed by atoms with van der Waals surface area (Å²) in [5.74, 6) is -0.247. The van der Waals surface area contributed by atoms with E-state index in [4.69, 9.17) is 4.74 Å². The average Bonchev–Trinajstić information content (AvgIpc) is 3.25. The Labute approximate surface area is 176 Å². The highest BCUT2D eigenvalue weighted by Gasteiger charge is 2.28. The van der Waals surface area contributed by atoms with E-state index in [0.717, 1.165) is 48.1 Å². The standard InChI is InChI=1S/C20H22BrN3O3S/c21-13-4-6-14(7-5-13)22-19(26)18-15-2-1-3-16(15)28-20(18)23-17(25)12-24-8-10-27-11-9-24/h4-7H,1-3,8-12H2,(H,22,26)(H,23,25). The second-order valence-electron chi connectivity index (χ2n) is 6.96. The van der Waals surface area contributed by atoms with Gasteiger partial charge in [0, 0.05) is 28.1 Å². The molecule has 0 unspecified atom stereocenters. The van der Waals surface area contributed by atoms with E-state index in [9.17, 15) is 9.59 Å². The van der Waals surface area contributed by atoms with Crippen molar-refractivity contribution < 1.29 is 14.3 Å². The smallest absolute Gasteiger partial charge is 0.258 e. The number of rotatable bonds is 5. The van der Waals surface area contributed by atoms with E-state index in [1.807, 2.05) is 24.3 Å². The van der Waals surface area contributed by atoms with Crippen LogP contribution in [-0.2, 0) is 22.4 Å². The van der Waals surface area contributed by atoms with Gasteiger partial charge in [-0.25, -0.2) is 0 Å². The quantitative estimate of drug-likeness (QED) is 0.711. The molecule has 2 aromatic rings. The number of benzene rings is 1. The van der Waals surface area contributed by atoms with Crippen LogP contribution < -0.4 is 10.6 Å². The molecule has 1 saturated heterocycles. The summed E-state index contributed by atoms with van der Waals surface area (Å²) in [7, 11) is 0. The minimum Gasteiger partial charge on any atom is -0.379 e. The summed E-state index contributed by atoms with van der Waals surface area (Å²) >= 11 is 4.94. The first-order valence-electron chi connectivity index (χ1n) is 9.41. The fraction of sp³-hybridized carbons (Fsp3) is 0.400. The molecule has 2 amide bonds. The summed E-state index contributed by atoms with van der Waals surface area (Å²) in [4.78, 5) is 28.9. The van der Waals surface area contributed by atoms with E-state index in [1.165, 1.54) is 16.2 Å². The van der Waals surface area contributed by atoms with Gasteiger partial charge in [0.2, 0.25) is 5.91 Å². The number of nitrogens with one attached hydrogen (secondary N) is 2. The van der Waals surface area contributed by atoms with Crippen molar-refractivity contribution in [2.24, 2.45) is 0 Å². The minimum absolute atomic E-state index is 0.0838. The van der Waals surface area contributed by atoms with Gasteiger partial charge in [-0.3, -0.25) is 14.5 Å². The number of anilines is 2. The van der Waals surface area contributed by atoms with Crippen molar-refractivity contribution in [2.75, 3.05) is 43.5 Å². The third-order valence-electron chi connectivity index (χ3n) is 4.97.